The van der Waals surface area contributed by atoms with E-state index >= 15 is 0 Å². The monoisotopic (exact) mass is 293 g/mol. The first-order chi connectivity index (χ1) is 9.19. The number of hydrogen-bond acceptors (Lipinski definition) is 3. The van der Waals surface area contributed by atoms with E-state index < -0.39 is 0 Å². The standard InChI is InChI=1S/C14H13Cl2N3/c1-17-13-11-7-6-10(12(11)18-14(16)19-13)8-2-4-9(15)5-3-8/h2-5,10H,6-7H2,1H3,(H,17,18,19). The van der Waals surface area contributed by atoms with Crippen molar-refractivity contribution in [1.82, 2.24) is 9.97 Å². The van der Waals surface area contributed by atoms with Gasteiger partial charge in [-0.15, -0.1) is 0 Å². The van der Waals surface area contributed by atoms with E-state index in [-0.39, 0.29) is 5.92 Å². The largest absolute Gasteiger partial charge is 0.373 e. The molecule has 0 amide bonds. The Morgan fingerprint density at radius 2 is 1.89 bits per heavy atom. The van der Waals surface area contributed by atoms with Gasteiger partial charge in [0.25, 0.3) is 0 Å². The lowest BCUT2D eigenvalue weighted by atomic mass is 9.97. The predicted octanol–water partition coefficient (Wildman–Crippen LogP) is 3.90. The smallest absolute Gasteiger partial charge is 0.224 e. The van der Waals surface area contributed by atoms with Gasteiger partial charge in [0.1, 0.15) is 5.82 Å². The summed E-state index contributed by atoms with van der Waals surface area (Å²) in [6.07, 6.45) is 2.00. The lowest BCUT2D eigenvalue weighted by Crippen LogP contribution is -2.04. The van der Waals surface area contributed by atoms with Crippen LogP contribution < -0.4 is 5.32 Å². The summed E-state index contributed by atoms with van der Waals surface area (Å²) in [6.45, 7) is 0. The van der Waals surface area contributed by atoms with Crippen molar-refractivity contribution >= 4 is 29.0 Å². The maximum absolute atomic E-state index is 6.00. The Labute approximate surface area is 122 Å². The van der Waals surface area contributed by atoms with Crippen molar-refractivity contribution in [1.29, 1.82) is 0 Å². The number of anilines is 1. The number of benzene rings is 1. The highest BCUT2D eigenvalue weighted by Gasteiger charge is 2.28. The van der Waals surface area contributed by atoms with Crippen molar-refractivity contribution in [2.75, 3.05) is 12.4 Å². The fourth-order valence-electron chi connectivity index (χ4n) is 2.66. The minimum Gasteiger partial charge on any atom is -0.373 e. The highest BCUT2D eigenvalue weighted by molar-refractivity contribution is 6.30. The van der Waals surface area contributed by atoms with Crippen molar-refractivity contribution in [2.45, 2.75) is 18.8 Å². The van der Waals surface area contributed by atoms with Crippen LogP contribution in [0, 0.1) is 0 Å². The predicted molar refractivity (Wildman–Crippen MR) is 78.2 cm³/mol. The van der Waals surface area contributed by atoms with Crippen LogP contribution >= 0.6 is 23.2 Å². The summed E-state index contributed by atoms with van der Waals surface area (Å²) in [5, 5.41) is 4.14. The van der Waals surface area contributed by atoms with Gasteiger partial charge in [-0.2, -0.15) is 0 Å². The van der Waals surface area contributed by atoms with Crippen LogP contribution in [0.2, 0.25) is 10.3 Å². The third-order valence-corrected chi connectivity index (χ3v) is 3.96. The van der Waals surface area contributed by atoms with Gasteiger partial charge in [-0.3, -0.25) is 0 Å². The molecule has 1 aliphatic carbocycles. The number of fused-ring (bicyclic) bond motifs is 1. The second-order valence-electron chi connectivity index (χ2n) is 4.60. The van der Waals surface area contributed by atoms with Crippen molar-refractivity contribution in [3.8, 4) is 0 Å². The molecule has 1 atom stereocenters. The van der Waals surface area contributed by atoms with Crippen LogP contribution in [-0.2, 0) is 6.42 Å². The minimum atomic E-state index is 0.278. The Morgan fingerprint density at radius 3 is 2.58 bits per heavy atom. The molecule has 0 spiro atoms. The van der Waals surface area contributed by atoms with Crippen LogP contribution in [0.25, 0.3) is 0 Å². The molecule has 1 aromatic carbocycles. The van der Waals surface area contributed by atoms with Crippen LogP contribution in [0.3, 0.4) is 0 Å². The van der Waals surface area contributed by atoms with Crippen molar-refractivity contribution in [3.05, 3.63) is 51.4 Å². The summed E-state index contributed by atoms with van der Waals surface area (Å²) >= 11 is 11.9. The second kappa shape index (κ2) is 4.99. The van der Waals surface area contributed by atoms with E-state index in [2.05, 4.69) is 27.4 Å². The molecule has 0 fully saturated rings. The first kappa shape index (κ1) is 12.7. The molecule has 3 nitrogen and oxygen atoms in total. The first-order valence-electron chi connectivity index (χ1n) is 6.18. The van der Waals surface area contributed by atoms with Crippen LogP contribution in [0.15, 0.2) is 24.3 Å². The molecule has 98 valence electrons. The van der Waals surface area contributed by atoms with Crippen molar-refractivity contribution < 1.29 is 0 Å². The molecule has 1 N–H and O–H groups in total. The minimum absolute atomic E-state index is 0.278. The molecule has 1 aromatic heterocycles. The van der Waals surface area contributed by atoms with Gasteiger partial charge < -0.3 is 5.32 Å². The van der Waals surface area contributed by atoms with Crippen molar-refractivity contribution in [3.63, 3.8) is 0 Å². The van der Waals surface area contributed by atoms with E-state index in [1.165, 1.54) is 11.1 Å². The molecule has 0 saturated heterocycles. The average Bonchev–Trinajstić information content (AvgIpc) is 2.82. The summed E-state index contributed by atoms with van der Waals surface area (Å²) < 4.78 is 0. The summed E-state index contributed by atoms with van der Waals surface area (Å²) in [7, 11) is 1.86. The summed E-state index contributed by atoms with van der Waals surface area (Å²) in [5.41, 5.74) is 3.43. The molecule has 1 aliphatic rings. The van der Waals surface area contributed by atoms with Gasteiger partial charge in [0.15, 0.2) is 0 Å². The lowest BCUT2D eigenvalue weighted by molar-refractivity contribution is 0.771. The van der Waals surface area contributed by atoms with Crippen molar-refractivity contribution in [2.24, 2.45) is 0 Å². The van der Waals surface area contributed by atoms with Gasteiger partial charge in [0, 0.05) is 23.6 Å². The highest BCUT2D eigenvalue weighted by Crippen LogP contribution is 2.40. The van der Waals surface area contributed by atoms with Crippen LogP contribution in [-0.4, -0.2) is 17.0 Å². The molecule has 3 rings (SSSR count). The average molecular weight is 294 g/mol. The third-order valence-electron chi connectivity index (χ3n) is 3.53. The lowest BCUT2D eigenvalue weighted by Gasteiger charge is -2.12. The third kappa shape index (κ3) is 2.28. The maximum atomic E-state index is 6.00. The van der Waals surface area contributed by atoms with Gasteiger partial charge in [-0.05, 0) is 42.1 Å². The normalized spacial score (nSPS) is 17.3. The fourth-order valence-corrected chi connectivity index (χ4v) is 2.96. The summed E-state index contributed by atoms with van der Waals surface area (Å²) in [6, 6.07) is 7.93. The number of rotatable bonds is 2. The summed E-state index contributed by atoms with van der Waals surface area (Å²) in [5.74, 6) is 1.12. The second-order valence-corrected chi connectivity index (χ2v) is 5.37. The molecule has 0 bridgehead atoms. The highest BCUT2D eigenvalue weighted by atomic mass is 35.5. The SMILES string of the molecule is CNc1nc(Cl)nc2c1CCC2c1ccc(Cl)cc1. The van der Waals surface area contributed by atoms with Gasteiger partial charge in [0.2, 0.25) is 5.28 Å². The van der Waals surface area contributed by atoms with E-state index in [1.807, 2.05) is 19.2 Å². The van der Waals surface area contributed by atoms with E-state index in [9.17, 15) is 0 Å². The van der Waals surface area contributed by atoms with Gasteiger partial charge in [0.05, 0.1) is 5.69 Å². The molecule has 1 heterocycles. The Bertz CT molecular complexity index is 611. The number of nitrogens with one attached hydrogen (secondary N) is 1. The van der Waals surface area contributed by atoms with E-state index in [0.29, 0.717) is 5.28 Å². The maximum Gasteiger partial charge on any atom is 0.224 e. The zero-order chi connectivity index (χ0) is 13.4. The van der Waals surface area contributed by atoms with Gasteiger partial charge in [-0.25, -0.2) is 9.97 Å². The quantitative estimate of drug-likeness (QED) is 0.853. The zero-order valence-corrected chi connectivity index (χ0v) is 12.0. The number of halogens is 2. The van der Waals surface area contributed by atoms with Crippen LogP contribution in [0.5, 0.6) is 0 Å². The Hall–Kier alpha value is -1.32. The molecular formula is C14H13Cl2N3. The molecular weight excluding hydrogens is 281 g/mol. The molecule has 5 heteroatoms. The molecule has 2 aromatic rings. The van der Waals surface area contributed by atoms with Gasteiger partial charge >= 0.3 is 0 Å². The molecule has 0 radical (unpaired) electrons. The van der Waals surface area contributed by atoms with Crippen LogP contribution in [0.1, 0.15) is 29.2 Å². The zero-order valence-electron chi connectivity index (χ0n) is 10.5. The Balaban J connectivity index is 2.06. The Kier molecular flexibility index (Phi) is 3.33. The summed E-state index contributed by atoms with van der Waals surface area (Å²) in [4.78, 5) is 8.65. The fraction of sp³-hybridized carbons (Fsp3) is 0.286. The first-order valence-corrected chi connectivity index (χ1v) is 6.94. The Morgan fingerprint density at radius 1 is 1.16 bits per heavy atom. The topological polar surface area (TPSA) is 37.8 Å². The van der Waals surface area contributed by atoms with E-state index in [1.54, 1.807) is 0 Å². The van der Waals surface area contributed by atoms with E-state index in [0.717, 1.165) is 29.4 Å². The van der Waals surface area contributed by atoms with E-state index in [4.69, 9.17) is 23.2 Å². The number of hydrogen-bond donors (Lipinski definition) is 1. The molecule has 0 aliphatic heterocycles. The molecule has 1 unspecified atom stereocenters. The number of nitrogens with zero attached hydrogens (tertiary/aromatic N) is 2. The van der Waals surface area contributed by atoms with Crippen LogP contribution in [0.4, 0.5) is 5.82 Å². The van der Waals surface area contributed by atoms with Gasteiger partial charge in [-0.1, -0.05) is 23.7 Å². The molecule has 19 heavy (non-hydrogen) atoms. The molecule has 0 saturated carbocycles. The number of aromatic nitrogens is 2.